The zero-order valence-corrected chi connectivity index (χ0v) is 17.1. The van der Waals surface area contributed by atoms with Crippen molar-refractivity contribution in [3.63, 3.8) is 0 Å². The summed E-state index contributed by atoms with van der Waals surface area (Å²) in [7, 11) is -1.92. The van der Waals surface area contributed by atoms with Crippen molar-refractivity contribution in [3.05, 3.63) is 59.2 Å². The van der Waals surface area contributed by atoms with E-state index in [1.807, 2.05) is 19.1 Å². The summed E-state index contributed by atoms with van der Waals surface area (Å²) in [6, 6.07) is 12.0. The Morgan fingerprint density at radius 2 is 1.86 bits per heavy atom. The van der Waals surface area contributed by atoms with Gasteiger partial charge in [-0.05, 0) is 55.2 Å². The number of carbonyl (C=O) groups is 1. The predicted octanol–water partition coefficient (Wildman–Crippen LogP) is 3.11. The number of hydrogen-bond donors (Lipinski definition) is 1. The number of rotatable bonds is 6. The molecule has 2 aromatic rings. The van der Waals surface area contributed by atoms with E-state index in [1.54, 1.807) is 41.7 Å². The second-order valence-electron chi connectivity index (χ2n) is 6.98. The van der Waals surface area contributed by atoms with Gasteiger partial charge in [0.25, 0.3) is 5.91 Å². The molecular formula is C21H26N2O4S. The van der Waals surface area contributed by atoms with Gasteiger partial charge in [-0.25, -0.2) is 8.42 Å². The lowest BCUT2D eigenvalue weighted by molar-refractivity contribution is 0.0950. The monoisotopic (exact) mass is 402 g/mol. The fourth-order valence-electron chi connectivity index (χ4n) is 3.32. The molecular weight excluding hydrogens is 376 g/mol. The lowest BCUT2D eigenvalue weighted by Gasteiger charge is -2.26. The molecule has 1 aliphatic rings. The molecule has 0 atom stereocenters. The van der Waals surface area contributed by atoms with E-state index < -0.39 is 10.0 Å². The van der Waals surface area contributed by atoms with Gasteiger partial charge in [-0.15, -0.1) is 0 Å². The minimum absolute atomic E-state index is 0.234. The van der Waals surface area contributed by atoms with Gasteiger partial charge < -0.3 is 10.1 Å². The first-order valence-corrected chi connectivity index (χ1v) is 10.9. The Bertz CT molecular complexity index is 951. The molecule has 1 fully saturated rings. The Labute approximate surface area is 166 Å². The lowest BCUT2D eigenvalue weighted by Crippen LogP contribution is -2.35. The minimum atomic E-state index is -3.48. The fourth-order valence-corrected chi connectivity index (χ4v) is 4.90. The quantitative estimate of drug-likeness (QED) is 0.806. The maximum Gasteiger partial charge on any atom is 0.251 e. The van der Waals surface area contributed by atoms with Crippen molar-refractivity contribution in [1.29, 1.82) is 0 Å². The summed E-state index contributed by atoms with van der Waals surface area (Å²) in [6.07, 6.45) is 2.87. The average molecular weight is 403 g/mol. The Kier molecular flexibility index (Phi) is 6.36. The van der Waals surface area contributed by atoms with Crippen LogP contribution in [0.4, 0.5) is 0 Å². The molecule has 1 saturated heterocycles. The van der Waals surface area contributed by atoms with Crippen LogP contribution in [0.15, 0.2) is 47.4 Å². The molecule has 0 radical (unpaired) electrons. The largest absolute Gasteiger partial charge is 0.496 e. The molecule has 28 heavy (non-hydrogen) atoms. The number of sulfonamides is 1. The van der Waals surface area contributed by atoms with E-state index >= 15 is 0 Å². The molecule has 1 amide bonds. The van der Waals surface area contributed by atoms with E-state index in [4.69, 9.17) is 4.74 Å². The van der Waals surface area contributed by atoms with Crippen LogP contribution in [0, 0.1) is 6.92 Å². The van der Waals surface area contributed by atoms with Gasteiger partial charge in [0, 0.05) is 25.2 Å². The van der Waals surface area contributed by atoms with Crippen LogP contribution >= 0.6 is 0 Å². The van der Waals surface area contributed by atoms with Crippen molar-refractivity contribution in [2.24, 2.45) is 0 Å². The second kappa shape index (κ2) is 8.75. The zero-order valence-electron chi connectivity index (χ0n) is 16.3. The van der Waals surface area contributed by atoms with E-state index in [0.717, 1.165) is 30.4 Å². The molecule has 7 heteroatoms. The highest BCUT2D eigenvalue weighted by atomic mass is 32.2. The molecule has 0 aliphatic carbocycles. The van der Waals surface area contributed by atoms with Crippen LogP contribution in [-0.2, 0) is 16.6 Å². The van der Waals surface area contributed by atoms with Gasteiger partial charge in [0.05, 0.1) is 12.0 Å². The Morgan fingerprint density at radius 1 is 1.11 bits per heavy atom. The van der Waals surface area contributed by atoms with Crippen LogP contribution in [0.25, 0.3) is 0 Å². The maximum absolute atomic E-state index is 12.8. The zero-order chi connectivity index (χ0) is 20.1. The smallest absolute Gasteiger partial charge is 0.251 e. The molecule has 3 rings (SSSR count). The molecule has 150 valence electrons. The second-order valence-corrected chi connectivity index (χ2v) is 8.92. The summed E-state index contributed by atoms with van der Waals surface area (Å²) in [5.74, 6) is 0.421. The van der Waals surface area contributed by atoms with Crippen LogP contribution in [0.3, 0.4) is 0 Å². The van der Waals surface area contributed by atoms with Gasteiger partial charge in [0.2, 0.25) is 10.0 Å². The average Bonchev–Trinajstić information content (AvgIpc) is 2.73. The van der Waals surface area contributed by atoms with Crippen LogP contribution in [0.5, 0.6) is 5.75 Å². The van der Waals surface area contributed by atoms with Crippen molar-refractivity contribution >= 4 is 15.9 Å². The molecule has 1 heterocycles. The van der Waals surface area contributed by atoms with Crippen LogP contribution < -0.4 is 10.1 Å². The summed E-state index contributed by atoms with van der Waals surface area (Å²) in [6.45, 7) is 3.30. The lowest BCUT2D eigenvalue weighted by atomic mass is 10.1. The summed E-state index contributed by atoms with van der Waals surface area (Å²) < 4.78 is 32.5. The number of nitrogens with one attached hydrogen (secondary N) is 1. The topological polar surface area (TPSA) is 75.7 Å². The maximum atomic E-state index is 12.8. The highest BCUT2D eigenvalue weighted by Gasteiger charge is 2.25. The number of benzene rings is 2. The Hall–Kier alpha value is -2.38. The molecule has 0 aromatic heterocycles. The minimum Gasteiger partial charge on any atom is -0.496 e. The molecule has 2 aromatic carbocycles. The van der Waals surface area contributed by atoms with Crippen molar-refractivity contribution in [2.75, 3.05) is 20.2 Å². The summed E-state index contributed by atoms with van der Waals surface area (Å²) in [5, 5.41) is 2.84. The van der Waals surface area contributed by atoms with Gasteiger partial charge in [0.1, 0.15) is 5.75 Å². The number of amides is 1. The first kappa shape index (κ1) is 20.4. The summed E-state index contributed by atoms with van der Waals surface area (Å²) >= 11 is 0. The van der Waals surface area contributed by atoms with Gasteiger partial charge in [-0.2, -0.15) is 4.31 Å². The molecule has 0 saturated carbocycles. The first-order chi connectivity index (χ1) is 13.4. The summed E-state index contributed by atoms with van der Waals surface area (Å²) in [5.41, 5.74) is 2.19. The van der Waals surface area contributed by atoms with Gasteiger partial charge in [-0.3, -0.25) is 4.79 Å². The molecule has 6 nitrogen and oxygen atoms in total. The van der Waals surface area contributed by atoms with Crippen LogP contribution in [-0.4, -0.2) is 38.8 Å². The van der Waals surface area contributed by atoms with Gasteiger partial charge >= 0.3 is 0 Å². The van der Waals surface area contributed by atoms with Gasteiger partial charge in [-0.1, -0.05) is 24.6 Å². The number of nitrogens with zero attached hydrogens (tertiary/aromatic N) is 1. The molecule has 0 spiro atoms. The Balaban J connectivity index is 1.70. The van der Waals surface area contributed by atoms with Crippen LogP contribution in [0.1, 0.15) is 40.7 Å². The first-order valence-electron chi connectivity index (χ1n) is 9.44. The molecule has 1 aliphatic heterocycles. The number of hydrogen-bond acceptors (Lipinski definition) is 4. The van der Waals surface area contributed by atoms with Crippen molar-refractivity contribution < 1.29 is 17.9 Å². The van der Waals surface area contributed by atoms with Crippen molar-refractivity contribution in [3.8, 4) is 5.75 Å². The van der Waals surface area contributed by atoms with Crippen LogP contribution in [0.2, 0.25) is 0 Å². The molecule has 1 N–H and O–H groups in total. The van der Waals surface area contributed by atoms with E-state index in [0.29, 0.717) is 24.4 Å². The summed E-state index contributed by atoms with van der Waals surface area (Å²) in [4.78, 5) is 12.7. The predicted molar refractivity (Wildman–Crippen MR) is 108 cm³/mol. The normalized spacial score (nSPS) is 15.2. The van der Waals surface area contributed by atoms with Crippen molar-refractivity contribution in [2.45, 2.75) is 37.6 Å². The standard InChI is InChI=1S/C21H26N2O4S/c1-16-9-10-18(14-20(16)27-2)21(24)22-15-17-7-6-8-19(13-17)28(25,26)23-11-4-3-5-12-23/h6-10,13-14H,3-5,11-12,15H2,1-2H3,(H,22,24). The highest BCUT2D eigenvalue weighted by Crippen LogP contribution is 2.22. The fraction of sp³-hybridized carbons (Fsp3) is 0.381. The molecule has 0 bridgehead atoms. The third-order valence-electron chi connectivity index (χ3n) is 4.97. The van der Waals surface area contributed by atoms with Gasteiger partial charge in [0.15, 0.2) is 0 Å². The number of methoxy groups -OCH3 is 1. The number of carbonyl (C=O) groups excluding carboxylic acids is 1. The highest BCUT2D eigenvalue weighted by molar-refractivity contribution is 7.89. The number of piperidine rings is 1. The van der Waals surface area contributed by atoms with Crippen molar-refractivity contribution in [1.82, 2.24) is 9.62 Å². The Morgan fingerprint density at radius 3 is 2.57 bits per heavy atom. The third kappa shape index (κ3) is 4.54. The SMILES string of the molecule is COc1cc(C(=O)NCc2cccc(S(=O)(=O)N3CCCCC3)c2)ccc1C. The van der Waals surface area contributed by atoms with E-state index in [2.05, 4.69) is 5.32 Å². The van der Waals surface area contributed by atoms with E-state index in [1.165, 1.54) is 0 Å². The third-order valence-corrected chi connectivity index (χ3v) is 6.87. The van der Waals surface area contributed by atoms with E-state index in [9.17, 15) is 13.2 Å². The number of ether oxygens (including phenoxy) is 1. The number of aryl methyl sites for hydroxylation is 1. The van der Waals surface area contributed by atoms with E-state index in [-0.39, 0.29) is 17.3 Å². The molecule has 0 unspecified atom stereocenters.